The van der Waals surface area contributed by atoms with E-state index in [1.54, 1.807) is 42.1 Å². The van der Waals surface area contributed by atoms with Gasteiger partial charge in [0.2, 0.25) is 5.91 Å². The lowest BCUT2D eigenvalue weighted by Gasteiger charge is -2.33. The van der Waals surface area contributed by atoms with E-state index in [1.165, 1.54) is 10.7 Å². The number of halogens is 1. The summed E-state index contributed by atoms with van der Waals surface area (Å²) in [5.74, 6) is 0.521. The summed E-state index contributed by atoms with van der Waals surface area (Å²) in [4.78, 5) is 28.4. The largest absolute Gasteiger partial charge is 0.354 e. The van der Waals surface area contributed by atoms with Crippen molar-refractivity contribution in [3.8, 4) is 5.69 Å². The van der Waals surface area contributed by atoms with Gasteiger partial charge in [0.05, 0.1) is 11.6 Å². The molecule has 0 radical (unpaired) electrons. The maximum atomic E-state index is 12.9. The van der Waals surface area contributed by atoms with Crippen LogP contribution in [-0.2, 0) is 4.79 Å². The molecule has 4 rings (SSSR count). The van der Waals surface area contributed by atoms with Crippen LogP contribution in [-0.4, -0.2) is 35.0 Å². The number of carbonyl (C=O) groups excluding carboxylic acids is 1. The fourth-order valence-corrected chi connectivity index (χ4v) is 4.35. The van der Waals surface area contributed by atoms with Gasteiger partial charge in [-0.25, -0.2) is 0 Å². The Kier molecular flexibility index (Phi) is 6.63. The van der Waals surface area contributed by atoms with Gasteiger partial charge < -0.3 is 10.2 Å². The van der Waals surface area contributed by atoms with Crippen LogP contribution < -0.4 is 15.8 Å². The monoisotopic (exact) mass is 454 g/mol. The third-order valence-electron chi connectivity index (χ3n) is 5.29. The second kappa shape index (κ2) is 9.58. The van der Waals surface area contributed by atoms with Crippen molar-refractivity contribution in [2.45, 2.75) is 17.7 Å². The van der Waals surface area contributed by atoms with Crippen LogP contribution in [0.4, 0.5) is 11.5 Å². The molecule has 31 heavy (non-hydrogen) atoms. The summed E-state index contributed by atoms with van der Waals surface area (Å²) >= 11 is 7.72. The Hall–Kier alpha value is -2.77. The Balaban J connectivity index is 1.51. The van der Waals surface area contributed by atoms with E-state index in [9.17, 15) is 9.59 Å². The highest BCUT2D eigenvalue weighted by Crippen LogP contribution is 2.24. The Bertz CT molecular complexity index is 1150. The molecule has 160 valence electrons. The zero-order valence-corrected chi connectivity index (χ0v) is 18.7. The molecule has 2 aromatic carbocycles. The van der Waals surface area contributed by atoms with Crippen LogP contribution in [0.3, 0.4) is 0 Å². The number of aromatic nitrogens is 2. The average molecular weight is 455 g/mol. The van der Waals surface area contributed by atoms with Crippen molar-refractivity contribution in [2.75, 3.05) is 29.6 Å². The number of hydrogen-bond acceptors (Lipinski definition) is 5. The van der Waals surface area contributed by atoms with Gasteiger partial charge in [0.15, 0.2) is 0 Å². The molecule has 6 nitrogen and oxygen atoms in total. The van der Waals surface area contributed by atoms with Crippen molar-refractivity contribution in [1.82, 2.24) is 9.78 Å². The van der Waals surface area contributed by atoms with Gasteiger partial charge in [-0.05, 0) is 61.6 Å². The maximum absolute atomic E-state index is 12.9. The molecule has 0 aliphatic carbocycles. The summed E-state index contributed by atoms with van der Waals surface area (Å²) in [6, 6.07) is 18.1. The molecule has 2 heterocycles. The highest BCUT2D eigenvalue weighted by atomic mass is 35.5. The van der Waals surface area contributed by atoms with Gasteiger partial charge in [0.1, 0.15) is 5.82 Å². The standard InChI is InChI=1S/C23H23ClN4O2S/c1-31-20-9-3-7-18(14-20)25-23(30)16-5-4-12-27(15-16)21-10-11-22(29)28(26-21)19-8-2-6-17(24)13-19/h2-3,6-11,13-14,16H,4-5,12,15H2,1H3,(H,25,30)/t16-/m1/s1. The number of anilines is 2. The number of nitrogens with one attached hydrogen (secondary N) is 1. The molecule has 1 N–H and O–H groups in total. The highest BCUT2D eigenvalue weighted by molar-refractivity contribution is 7.98. The Morgan fingerprint density at radius 2 is 2.00 bits per heavy atom. The molecular formula is C23H23ClN4O2S. The summed E-state index contributed by atoms with van der Waals surface area (Å²) in [6.07, 6.45) is 3.70. The van der Waals surface area contributed by atoms with Crippen LogP contribution in [0.25, 0.3) is 5.69 Å². The van der Waals surface area contributed by atoms with Gasteiger partial charge >= 0.3 is 0 Å². The van der Waals surface area contributed by atoms with Crippen LogP contribution in [0.1, 0.15) is 12.8 Å². The van der Waals surface area contributed by atoms with E-state index in [0.717, 1.165) is 30.0 Å². The van der Waals surface area contributed by atoms with Gasteiger partial charge in [-0.1, -0.05) is 23.7 Å². The zero-order valence-electron chi connectivity index (χ0n) is 17.1. The molecule has 0 unspecified atom stereocenters. The third kappa shape index (κ3) is 5.11. The van der Waals surface area contributed by atoms with Gasteiger partial charge in [0, 0.05) is 34.8 Å². The number of rotatable bonds is 5. The molecule has 1 saturated heterocycles. The smallest absolute Gasteiger partial charge is 0.271 e. The first-order valence-electron chi connectivity index (χ1n) is 10.1. The number of hydrogen-bond donors (Lipinski definition) is 1. The van der Waals surface area contributed by atoms with E-state index in [-0.39, 0.29) is 17.4 Å². The van der Waals surface area contributed by atoms with Gasteiger partial charge in [0.25, 0.3) is 5.56 Å². The predicted octanol–water partition coefficient (Wildman–Crippen LogP) is 4.46. The first-order valence-corrected chi connectivity index (χ1v) is 11.7. The molecule has 8 heteroatoms. The molecule has 1 aromatic heterocycles. The average Bonchev–Trinajstić information content (AvgIpc) is 2.79. The molecule has 1 amide bonds. The van der Waals surface area contributed by atoms with Gasteiger partial charge in [-0.15, -0.1) is 16.9 Å². The first kappa shape index (κ1) is 21.5. The van der Waals surface area contributed by atoms with Gasteiger partial charge in [-0.2, -0.15) is 4.68 Å². The van der Waals surface area contributed by atoms with Crippen molar-refractivity contribution < 1.29 is 4.79 Å². The normalized spacial score (nSPS) is 16.2. The number of amides is 1. The van der Waals surface area contributed by atoms with Crippen LogP contribution in [0.5, 0.6) is 0 Å². The van der Waals surface area contributed by atoms with E-state index < -0.39 is 0 Å². The van der Waals surface area contributed by atoms with Crippen LogP contribution >= 0.6 is 23.4 Å². The molecule has 3 aromatic rings. The van der Waals surface area contributed by atoms with Crippen LogP contribution in [0.2, 0.25) is 5.02 Å². The summed E-state index contributed by atoms with van der Waals surface area (Å²) in [6.45, 7) is 1.33. The number of piperidine rings is 1. The minimum absolute atomic E-state index is 0.00566. The highest BCUT2D eigenvalue weighted by Gasteiger charge is 2.27. The van der Waals surface area contributed by atoms with Gasteiger partial charge in [-0.3, -0.25) is 9.59 Å². The number of carbonyl (C=O) groups is 1. The second-order valence-corrected chi connectivity index (χ2v) is 8.74. The molecular weight excluding hydrogens is 432 g/mol. The lowest BCUT2D eigenvalue weighted by molar-refractivity contribution is -0.120. The SMILES string of the molecule is CSc1cccc(NC(=O)[C@@H]2CCCN(c3ccc(=O)n(-c4cccc(Cl)c4)n3)C2)c1. The Morgan fingerprint density at radius 1 is 1.16 bits per heavy atom. The van der Waals surface area contributed by atoms with Crippen molar-refractivity contribution in [1.29, 1.82) is 0 Å². The van der Waals surface area contributed by atoms with E-state index in [0.29, 0.717) is 23.1 Å². The Morgan fingerprint density at radius 3 is 2.81 bits per heavy atom. The molecule has 0 spiro atoms. The van der Waals surface area contributed by atoms with Crippen molar-refractivity contribution in [3.05, 3.63) is 76.0 Å². The zero-order chi connectivity index (χ0) is 21.8. The lowest BCUT2D eigenvalue weighted by Crippen LogP contribution is -2.41. The van der Waals surface area contributed by atoms with E-state index in [1.807, 2.05) is 30.5 Å². The van der Waals surface area contributed by atoms with E-state index >= 15 is 0 Å². The first-order chi connectivity index (χ1) is 15.0. The van der Waals surface area contributed by atoms with Crippen molar-refractivity contribution >= 4 is 40.8 Å². The minimum Gasteiger partial charge on any atom is -0.354 e. The fraction of sp³-hybridized carbons (Fsp3) is 0.261. The maximum Gasteiger partial charge on any atom is 0.271 e. The number of thioether (sulfide) groups is 1. The number of nitrogens with zero attached hydrogens (tertiary/aromatic N) is 3. The van der Waals surface area contributed by atoms with Crippen LogP contribution in [0, 0.1) is 5.92 Å². The molecule has 0 bridgehead atoms. The predicted molar refractivity (Wildman–Crippen MR) is 127 cm³/mol. The summed E-state index contributed by atoms with van der Waals surface area (Å²) < 4.78 is 1.35. The summed E-state index contributed by atoms with van der Waals surface area (Å²) in [7, 11) is 0. The summed E-state index contributed by atoms with van der Waals surface area (Å²) in [5, 5.41) is 8.13. The molecule has 1 atom stereocenters. The second-order valence-electron chi connectivity index (χ2n) is 7.43. The molecule has 1 fully saturated rings. The molecule has 1 aliphatic rings. The van der Waals surface area contributed by atoms with E-state index in [2.05, 4.69) is 15.3 Å². The molecule has 1 aliphatic heterocycles. The van der Waals surface area contributed by atoms with Crippen LogP contribution in [0.15, 0.2) is 70.4 Å². The third-order valence-corrected chi connectivity index (χ3v) is 6.25. The van der Waals surface area contributed by atoms with E-state index in [4.69, 9.17) is 11.6 Å². The topological polar surface area (TPSA) is 67.2 Å². The minimum atomic E-state index is -0.231. The molecule has 0 saturated carbocycles. The number of benzene rings is 2. The Labute approximate surface area is 190 Å². The summed E-state index contributed by atoms with van der Waals surface area (Å²) in [5.41, 5.74) is 1.19. The fourth-order valence-electron chi connectivity index (χ4n) is 3.71. The quantitative estimate of drug-likeness (QED) is 0.576. The van der Waals surface area contributed by atoms with Crippen molar-refractivity contribution in [3.63, 3.8) is 0 Å². The van der Waals surface area contributed by atoms with Crippen molar-refractivity contribution in [2.24, 2.45) is 5.92 Å². The lowest BCUT2D eigenvalue weighted by atomic mass is 9.97.